The topological polar surface area (TPSA) is 9.86 Å². The van der Waals surface area contributed by atoms with E-state index in [2.05, 4.69) is 240 Å². The van der Waals surface area contributed by atoms with Crippen molar-refractivity contribution in [2.45, 2.75) is 0 Å². The number of benzene rings is 9. The van der Waals surface area contributed by atoms with Crippen LogP contribution in [0.1, 0.15) is 0 Å². The van der Waals surface area contributed by atoms with Crippen molar-refractivity contribution in [3.05, 3.63) is 231 Å². The van der Waals surface area contributed by atoms with Crippen LogP contribution in [0.5, 0.6) is 0 Å². The maximum absolute atomic E-state index is 2.99. The van der Waals surface area contributed by atoms with Crippen molar-refractivity contribution in [2.24, 2.45) is 0 Å². The predicted octanol–water partition coefficient (Wildman–Crippen LogP) is 10.9. The summed E-state index contributed by atoms with van der Waals surface area (Å²) in [6, 6.07) is 85.3. The Balaban J connectivity index is 1.39. The molecule has 0 aliphatic rings. The number of para-hydroxylation sites is 4. The number of hydrogen-bond acceptors (Lipinski definition) is 0. The minimum Gasteiger partial charge on any atom is -0.307 e. The average Bonchev–Trinajstić information content (AvgIpc) is 3.82. The second kappa shape index (κ2) is 13.5. The van der Waals surface area contributed by atoms with Gasteiger partial charge in [0.05, 0.1) is 27.8 Å². The van der Waals surface area contributed by atoms with Crippen molar-refractivity contribution in [3.63, 3.8) is 0 Å². The monoisotopic (exact) mass is 742 g/mol. The molecule has 11 aromatic rings. The smallest absolute Gasteiger partial charge is 0.181 e. The lowest BCUT2D eigenvalue weighted by Crippen LogP contribution is -2.75. The highest BCUT2D eigenvalue weighted by Gasteiger charge is 2.43. The second-order valence-corrected chi connectivity index (χ2v) is 18.6. The van der Waals surface area contributed by atoms with Gasteiger partial charge in [0.1, 0.15) is 0 Å². The molecule has 57 heavy (non-hydrogen) atoms. The van der Waals surface area contributed by atoms with Crippen LogP contribution in [0.25, 0.3) is 66.1 Å². The number of nitrogens with zero attached hydrogens (tertiary/aromatic N) is 2. The molecule has 0 fully saturated rings. The van der Waals surface area contributed by atoms with E-state index in [1.807, 2.05) is 0 Å². The number of fused-ring (bicyclic) bond motifs is 6. The molecule has 0 unspecified atom stereocenters. The SMILES string of the molecule is c1ccc(-c2cccc3c2c2cccc([Si](c4ccccc4)(c4ccccc4)c4ccccc4)c2n3-c2cccc3c4ccccc4n(-c4ccccc4)c23)cc1. The average molecular weight is 743 g/mol. The van der Waals surface area contributed by atoms with Gasteiger partial charge in [0, 0.05) is 27.2 Å². The van der Waals surface area contributed by atoms with Crippen molar-refractivity contribution in [3.8, 4) is 22.5 Å². The Morgan fingerprint density at radius 3 is 1.46 bits per heavy atom. The highest BCUT2D eigenvalue weighted by atomic mass is 28.3. The Morgan fingerprint density at radius 1 is 0.316 bits per heavy atom. The molecule has 0 radical (unpaired) electrons. The van der Waals surface area contributed by atoms with Crippen LogP contribution in [0, 0.1) is 0 Å². The summed E-state index contributed by atoms with van der Waals surface area (Å²) < 4.78 is 5.08. The summed E-state index contributed by atoms with van der Waals surface area (Å²) in [6.45, 7) is 0. The van der Waals surface area contributed by atoms with Gasteiger partial charge < -0.3 is 9.13 Å². The van der Waals surface area contributed by atoms with Crippen LogP contribution in [0.4, 0.5) is 0 Å². The fourth-order valence-corrected chi connectivity index (χ4v) is 14.5. The Bertz CT molecular complexity index is 3110. The van der Waals surface area contributed by atoms with Gasteiger partial charge in [-0.05, 0) is 62.2 Å². The fraction of sp³-hybridized carbons (Fsp3) is 0. The zero-order chi connectivity index (χ0) is 37.8. The summed E-state index contributed by atoms with van der Waals surface area (Å²) >= 11 is 0. The van der Waals surface area contributed by atoms with E-state index < -0.39 is 8.07 Å². The minimum atomic E-state index is -2.99. The quantitative estimate of drug-likeness (QED) is 0.114. The zero-order valence-electron chi connectivity index (χ0n) is 31.3. The van der Waals surface area contributed by atoms with Crippen LogP contribution < -0.4 is 20.7 Å². The zero-order valence-corrected chi connectivity index (χ0v) is 32.3. The van der Waals surface area contributed by atoms with Crippen LogP contribution in [-0.2, 0) is 0 Å². The molecule has 11 rings (SSSR count). The highest BCUT2D eigenvalue weighted by Crippen LogP contribution is 2.42. The van der Waals surface area contributed by atoms with E-state index in [0.717, 1.165) is 11.4 Å². The molecule has 0 aliphatic carbocycles. The van der Waals surface area contributed by atoms with E-state index in [1.165, 1.54) is 75.5 Å². The molecule has 0 atom stereocenters. The number of hydrogen-bond donors (Lipinski definition) is 0. The highest BCUT2D eigenvalue weighted by molar-refractivity contribution is 7.20. The Kier molecular flexibility index (Phi) is 7.87. The number of rotatable bonds is 7. The van der Waals surface area contributed by atoms with E-state index >= 15 is 0 Å². The van der Waals surface area contributed by atoms with Gasteiger partial charge in [-0.15, -0.1) is 0 Å². The van der Waals surface area contributed by atoms with Gasteiger partial charge in [0.2, 0.25) is 0 Å². The molecule has 0 spiro atoms. The van der Waals surface area contributed by atoms with Gasteiger partial charge in [-0.3, -0.25) is 0 Å². The largest absolute Gasteiger partial charge is 0.307 e. The molecule has 2 heterocycles. The minimum absolute atomic E-state index is 1.14. The van der Waals surface area contributed by atoms with E-state index in [9.17, 15) is 0 Å². The first-order valence-electron chi connectivity index (χ1n) is 19.7. The van der Waals surface area contributed by atoms with Crippen molar-refractivity contribution in [2.75, 3.05) is 0 Å². The molecule has 2 aromatic heterocycles. The van der Waals surface area contributed by atoms with E-state index in [-0.39, 0.29) is 0 Å². The fourth-order valence-electron chi connectivity index (χ4n) is 9.58. The number of aromatic nitrogens is 2. The summed E-state index contributed by atoms with van der Waals surface area (Å²) in [5.74, 6) is 0. The summed E-state index contributed by atoms with van der Waals surface area (Å²) in [6.07, 6.45) is 0. The van der Waals surface area contributed by atoms with E-state index in [1.54, 1.807) is 0 Å². The van der Waals surface area contributed by atoms with Crippen molar-refractivity contribution in [1.82, 2.24) is 9.13 Å². The molecule has 0 amide bonds. The van der Waals surface area contributed by atoms with Gasteiger partial charge in [-0.2, -0.15) is 0 Å². The Hall–Kier alpha value is -7.20. The predicted molar refractivity (Wildman–Crippen MR) is 244 cm³/mol. The summed E-state index contributed by atoms with van der Waals surface area (Å²) in [4.78, 5) is 0. The molecule has 0 bridgehead atoms. The maximum Gasteiger partial charge on any atom is 0.181 e. The van der Waals surface area contributed by atoms with Crippen LogP contribution >= 0.6 is 0 Å². The molecule has 0 saturated carbocycles. The standard InChI is InChI=1S/C54H38N2Si/c1-6-21-39(22-7-1)44-32-18-36-49-52(44)47-34-20-38-51(57(41-25-10-3-11-26-41,42-27-12-4-13-28-42)43-29-14-5-15-30-43)54(47)56(49)50-37-19-33-46-45-31-16-17-35-48(45)55(53(46)50)40-23-8-2-9-24-40/h1-38H. The van der Waals surface area contributed by atoms with Gasteiger partial charge in [0.25, 0.3) is 0 Å². The molecule has 0 aliphatic heterocycles. The first kappa shape index (κ1) is 33.2. The van der Waals surface area contributed by atoms with Crippen LogP contribution in [0.2, 0.25) is 0 Å². The lowest BCUT2D eigenvalue weighted by molar-refractivity contribution is 1.13. The summed E-state index contributed by atoms with van der Waals surface area (Å²) in [5.41, 5.74) is 9.56. The van der Waals surface area contributed by atoms with Crippen molar-refractivity contribution in [1.29, 1.82) is 0 Å². The first-order valence-corrected chi connectivity index (χ1v) is 21.7. The summed E-state index contributed by atoms with van der Waals surface area (Å²) in [5, 5.41) is 10.4. The molecule has 0 saturated heterocycles. The van der Waals surface area contributed by atoms with E-state index in [4.69, 9.17) is 0 Å². The lowest BCUT2D eigenvalue weighted by Gasteiger charge is -2.35. The Labute approximate surface area is 333 Å². The molecule has 2 nitrogen and oxygen atoms in total. The van der Waals surface area contributed by atoms with Gasteiger partial charge in [0.15, 0.2) is 8.07 Å². The second-order valence-electron chi connectivity index (χ2n) is 14.8. The van der Waals surface area contributed by atoms with Crippen molar-refractivity contribution < 1.29 is 0 Å². The van der Waals surface area contributed by atoms with Gasteiger partial charge in [-0.1, -0.05) is 200 Å². The van der Waals surface area contributed by atoms with Crippen LogP contribution in [-0.4, -0.2) is 17.2 Å². The van der Waals surface area contributed by atoms with E-state index in [0.29, 0.717) is 0 Å². The molecular formula is C54H38N2Si. The third-order valence-electron chi connectivity index (χ3n) is 11.9. The molecule has 3 heteroatoms. The lowest BCUT2D eigenvalue weighted by atomic mass is 9.99. The molecule has 268 valence electrons. The first-order chi connectivity index (χ1) is 28.3. The molecule has 0 N–H and O–H groups in total. The maximum atomic E-state index is 2.61. The van der Waals surface area contributed by atoms with Crippen LogP contribution in [0.3, 0.4) is 0 Å². The third-order valence-corrected chi connectivity index (χ3v) is 16.7. The van der Waals surface area contributed by atoms with Crippen molar-refractivity contribution >= 4 is 72.4 Å². The van der Waals surface area contributed by atoms with Crippen LogP contribution in [0.15, 0.2) is 231 Å². The summed E-state index contributed by atoms with van der Waals surface area (Å²) in [7, 11) is -2.99. The van der Waals surface area contributed by atoms with Gasteiger partial charge in [-0.25, -0.2) is 0 Å². The van der Waals surface area contributed by atoms with Gasteiger partial charge >= 0.3 is 0 Å². The Morgan fingerprint density at radius 2 is 0.807 bits per heavy atom. The molecule has 9 aromatic carbocycles. The molecular weight excluding hydrogens is 705 g/mol. The normalized spacial score (nSPS) is 11.9. The third kappa shape index (κ3) is 5.03.